The van der Waals surface area contributed by atoms with E-state index in [4.69, 9.17) is 4.74 Å². The highest BCUT2D eigenvalue weighted by molar-refractivity contribution is 5.98. The van der Waals surface area contributed by atoms with Crippen LogP contribution in [-0.2, 0) is 0 Å². The van der Waals surface area contributed by atoms with E-state index in [-0.39, 0.29) is 30.1 Å². The Bertz CT molecular complexity index is 537. The fourth-order valence-electron chi connectivity index (χ4n) is 2.16. The fourth-order valence-corrected chi connectivity index (χ4v) is 2.16. The van der Waals surface area contributed by atoms with E-state index in [0.717, 1.165) is 0 Å². The molecule has 1 aliphatic heterocycles. The number of rotatable bonds is 3. The average Bonchev–Trinajstić information content (AvgIpc) is 2.76. The highest BCUT2D eigenvalue weighted by Crippen LogP contribution is 2.32. The number of nitro groups is 1. The van der Waals surface area contributed by atoms with Crippen molar-refractivity contribution < 1.29 is 24.7 Å². The molecule has 2 atom stereocenters. The zero-order chi connectivity index (χ0) is 14.9. The number of ether oxygens (including phenoxy) is 1. The Kier molecular flexibility index (Phi) is 3.86. The molecular weight excluding hydrogens is 268 g/mol. The number of benzene rings is 1. The smallest absolute Gasteiger partial charge is 0.311 e. The molecule has 1 fully saturated rings. The molecule has 1 aromatic carbocycles. The number of aliphatic hydroxyl groups excluding tert-OH is 2. The second-order valence-electron chi connectivity index (χ2n) is 4.46. The van der Waals surface area contributed by atoms with Crippen LogP contribution in [-0.4, -0.2) is 58.4 Å². The maximum Gasteiger partial charge on any atom is 0.311 e. The highest BCUT2D eigenvalue weighted by Gasteiger charge is 2.35. The molecule has 1 saturated heterocycles. The van der Waals surface area contributed by atoms with E-state index in [1.807, 2.05) is 0 Å². The zero-order valence-electron chi connectivity index (χ0n) is 10.7. The lowest BCUT2D eigenvalue weighted by Gasteiger charge is -2.17. The molecule has 108 valence electrons. The van der Waals surface area contributed by atoms with E-state index < -0.39 is 23.0 Å². The van der Waals surface area contributed by atoms with Crippen LogP contribution in [0.2, 0.25) is 0 Å². The number of aliphatic hydroxyl groups is 2. The summed E-state index contributed by atoms with van der Waals surface area (Å²) in [6, 6.07) is 4.03. The van der Waals surface area contributed by atoms with Gasteiger partial charge in [0.15, 0.2) is 0 Å². The van der Waals surface area contributed by atoms with Gasteiger partial charge in [0.25, 0.3) is 5.91 Å². The molecule has 1 aliphatic rings. The van der Waals surface area contributed by atoms with Gasteiger partial charge in [-0.1, -0.05) is 6.07 Å². The van der Waals surface area contributed by atoms with E-state index in [1.165, 1.54) is 30.2 Å². The Morgan fingerprint density at radius 1 is 1.40 bits per heavy atom. The summed E-state index contributed by atoms with van der Waals surface area (Å²) >= 11 is 0. The molecule has 2 rings (SSSR count). The van der Waals surface area contributed by atoms with Crippen LogP contribution in [0, 0.1) is 10.1 Å². The molecule has 0 aromatic heterocycles. The zero-order valence-corrected chi connectivity index (χ0v) is 10.7. The third-order valence-corrected chi connectivity index (χ3v) is 3.17. The van der Waals surface area contributed by atoms with Gasteiger partial charge >= 0.3 is 5.69 Å². The summed E-state index contributed by atoms with van der Waals surface area (Å²) in [5, 5.41) is 29.8. The van der Waals surface area contributed by atoms with Gasteiger partial charge < -0.3 is 19.8 Å². The van der Waals surface area contributed by atoms with E-state index >= 15 is 0 Å². The Balaban J connectivity index is 2.35. The van der Waals surface area contributed by atoms with E-state index in [2.05, 4.69) is 0 Å². The van der Waals surface area contributed by atoms with Crippen LogP contribution < -0.4 is 4.74 Å². The van der Waals surface area contributed by atoms with Crippen LogP contribution in [0.5, 0.6) is 5.75 Å². The normalized spacial score (nSPS) is 21.9. The lowest BCUT2D eigenvalue weighted by molar-refractivity contribution is -0.385. The van der Waals surface area contributed by atoms with Crippen molar-refractivity contribution in [2.75, 3.05) is 20.2 Å². The molecular formula is C12H14N2O6. The Hall–Kier alpha value is -2.19. The lowest BCUT2D eigenvalue weighted by atomic mass is 10.1. The summed E-state index contributed by atoms with van der Waals surface area (Å²) in [4.78, 5) is 23.8. The summed E-state index contributed by atoms with van der Waals surface area (Å²) in [6.07, 6.45) is -2.02. The molecule has 1 amide bonds. The molecule has 2 N–H and O–H groups in total. The second kappa shape index (κ2) is 5.43. The van der Waals surface area contributed by atoms with Gasteiger partial charge in [-0.2, -0.15) is 0 Å². The highest BCUT2D eigenvalue weighted by atomic mass is 16.6. The third-order valence-electron chi connectivity index (χ3n) is 3.17. The molecule has 0 spiro atoms. The van der Waals surface area contributed by atoms with Crippen molar-refractivity contribution in [3.05, 3.63) is 33.9 Å². The van der Waals surface area contributed by atoms with Gasteiger partial charge in [0.1, 0.15) is 0 Å². The minimum Gasteiger partial charge on any atom is -0.490 e. The van der Waals surface area contributed by atoms with Crippen molar-refractivity contribution in [3.8, 4) is 5.75 Å². The SMILES string of the molecule is COc1c(C(=O)N2CC(O)C(O)C2)cccc1[N+](=O)[O-]. The van der Waals surface area contributed by atoms with Crippen LogP contribution in [0.1, 0.15) is 10.4 Å². The molecule has 20 heavy (non-hydrogen) atoms. The minimum atomic E-state index is -1.01. The third kappa shape index (κ3) is 2.43. The molecule has 8 heteroatoms. The Morgan fingerprint density at radius 3 is 2.50 bits per heavy atom. The van der Waals surface area contributed by atoms with Crippen LogP contribution in [0.4, 0.5) is 5.69 Å². The van der Waals surface area contributed by atoms with Crippen molar-refractivity contribution in [3.63, 3.8) is 0 Å². The number of amides is 1. The van der Waals surface area contributed by atoms with Gasteiger partial charge in [-0.15, -0.1) is 0 Å². The van der Waals surface area contributed by atoms with Gasteiger partial charge in [0.05, 0.1) is 29.8 Å². The number of methoxy groups -OCH3 is 1. The molecule has 0 radical (unpaired) electrons. The quantitative estimate of drug-likeness (QED) is 0.585. The number of carbonyl (C=O) groups is 1. The monoisotopic (exact) mass is 282 g/mol. The second-order valence-corrected chi connectivity index (χ2v) is 4.46. The van der Waals surface area contributed by atoms with Crippen molar-refractivity contribution in [2.45, 2.75) is 12.2 Å². The van der Waals surface area contributed by atoms with Crippen molar-refractivity contribution in [1.82, 2.24) is 4.90 Å². The van der Waals surface area contributed by atoms with Gasteiger partial charge in [-0.05, 0) is 6.07 Å². The molecule has 0 aliphatic carbocycles. The number of β-amino-alcohol motifs (C(OH)–C–C–N with tert-alkyl or cyclic N) is 2. The van der Waals surface area contributed by atoms with E-state index in [1.54, 1.807) is 0 Å². The minimum absolute atomic E-state index is 0.0220. The molecule has 1 heterocycles. The first-order chi connectivity index (χ1) is 9.45. The predicted octanol–water partition coefficient (Wildman–Crippen LogP) is -0.219. The summed E-state index contributed by atoms with van der Waals surface area (Å²) in [5.74, 6) is -0.653. The van der Waals surface area contributed by atoms with Gasteiger partial charge in [-0.25, -0.2) is 0 Å². The molecule has 1 aromatic rings. The summed E-state index contributed by atoms with van der Waals surface area (Å²) in [5.41, 5.74) is -0.276. The number of carbonyl (C=O) groups excluding carboxylic acids is 1. The van der Waals surface area contributed by atoms with Crippen LogP contribution in [0.25, 0.3) is 0 Å². The molecule has 2 unspecified atom stereocenters. The Morgan fingerprint density at radius 2 is 2.00 bits per heavy atom. The van der Waals surface area contributed by atoms with Crippen LogP contribution in [0.15, 0.2) is 18.2 Å². The number of nitrogens with zero attached hydrogens (tertiary/aromatic N) is 2. The van der Waals surface area contributed by atoms with E-state index in [0.29, 0.717) is 0 Å². The summed E-state index contributed by atoms with van der Waals surface area (Å²) < 4.78 is 4.96. The first-order valence-corrected chi connectivity index (χ1v) is 5.92. The van der Waals surface area contributed by atoms with Gasteiger partial charge in [-0.3, -0.25) is 14.9 Å². The van der Waals surface area contributed by atoms with Crippen molar-refractivity contribution >= 4 is 11.6 Å². The number of nitro benzene ring substituents is 1. The first-order valence-electron chi connectivity index (χ1n) is 5.92. The Labute approximate surface area is 114 Å². The van der Waals surface area contributed by atoms with Crippen molar-refractivity contribution in [1.29, 1.82) is 0 Å². The van der Waals surface area contributed by atoms with Crippen LogP contribution in [0.3, 0.4) is 0 Å². The lowest BCUT2D eigenvalue weighted by Crippen LogP contribution is -2.30. The molecule has 0 bridgehead atoms. The summed E-state index contributed by atoms with van der Waals surface area (Å²) in [7, 11) is 1.24. The number of hydrogen-bond donors (Lipinski definition) is 2. The van der Waals surface area contributed by atoms with Gasteiger partial charge in [0, 0.05) is 19.2 Å². The molecule has 0 saturated carbocycles. The number of para-hydroxylation sites is 1. The standard InChI is InChI=1S/C12H14N2O6/c1-20-11-7(3-2-4-8(11)14(18)19)12(17)13-5-9(15)10(16)6-13/h2-4,9-10,15-16H,5-6H2,1H3. The van der Waals surface area contributed by atoms with Gasteiger partial charge in [0.2, 0.25) is 5.75 Å². The maximum atomic E-state index is 12.3. The van der Waals surface area contributed by atoms with E-state index in [9.17, 15) is 25.1 Å². The summed E-state index contributed by atoms with van der Waals surface area (Å²) in [6.45, 7) is -0.0440. The largest absolute Gasteiger partial charge is 0.490 e. The maximum absolute atomic E-state index is 12.3. The van der Waals surface area contributed by atoms with Crippen molar-refractivity contribution in [2.24, 2.45) is 0 Å². The average molecular weight is 282 g/mol. The number of likely N-dealkylation sites (tertiary alicyclic amines) is 1. The van der Waals surface area contributed by atoms with Crippen LogP contribution >= 0.6 is 0 Å². The fraction of sp³-hybridized carbons (Fsp3) is 0.417. The predicted molar refractivity (Wildman–Crippen MR) is 67.6 cm³/mol. The topological polar surface area (TPSA) is 113 Å². The molecule has 8 nitrogen and oxygen atoms in total. The number of hydrogen-bond acceptors (Lipinski definition) is 6. The first kappa shape index (κ1) is 14.2.